The van der Waals surface area contributed by atoms with Crippen LogP contribution in [0.15, 0.2) is 18.6 Å². The Kier molecular flexibility index (Phi) is 4.46. The lowest BCUT2D eigenvalue weighted by Gasteiger charge is -2.47. The molecule has 0 bridgehead atoms. The van der Waals surface area contributed by atoms with Gasteiger partial charge in [-0.3, -0.25) is 0 Å². The molecule has 4 rings (SSSR count). The van der Waals surface area contributed by atoms with E-state index in [0.717, 1.165) is 42.8 Å². The van der Waals surface area contributed by atoms with Gasteiger partial charge in [-0.25, -0.2) is 14.8 Å². The number of hydrogen-bond donors (Lipinski definition) is 1. The highest BCUT2D eigenvalue weighted by molar-refractivity contribution is 5.87. The maximum atomic E-state index is 11.7. The predicted octanol–water partition coefficient (Wildman–Crippen LogP) is 3.19. The van der Waals surface area contributed by atoms with Crippen LogP contribution >= 0.6 is 0 Å². The number of ether oxygens (including phenoxy) is 1. The number of nitrogens with one attached hydrogen (secondary N) is 1. The van der Waals surface area contributed by atoms with Gasteiger partial charge in [-0.05, 0) is 50.0 Å². The highest BCUT2D eigenvalue weighted by Gasteiger charge is 2.40. The number of piperidine rings is 1. The summed E-state index contributed by atoms with van der Waals surface area (Å²) < 4.78 is 4.86. The molecule has 1 spiro atoms. The van der Waals surface area contributed by atoms with E-state index in [1.54, 1.807) is 6.33 Å². The molecule has 1 aliphatic heterocycles. The Morgan fingerprint density at radius 2 is 2.00 bits per heavy atom. The fourth-order valence-electron chi connectivity index (χ4n) is 4.71. The van der Waals surface area contributed by atoms with Gasteiger partial charge in [0.15, 0.2) is 0 Å². The number of hydrogen-bond acceptors (Lipinski definition) is 5. The number of nitrogens with zero attached hydrogens (tertiary/aromatic N) is 4. The number of methoxy groups -OCH3 is 1. The minimum Gasteiger partial charge on any atom is -0.453 e. The maximum Gasteiger partial charge on any atom is 0.409 e. The van der Waals surface area contributed by atoms with Crippen LogP contribution < -0.4 is 4.90 Å². The SMILES string of the molecule is COC(=O)N1CCC2(CCC(N(C)c3ncnc4[nH]ccc34)CC2)CC1. The Morgan fingerprint density at radius 3 is 2.69 bits per heavy atom. The molecular weight excluding hydrogens is 330 g/mol. The van der Waals surface area contributed by atoms with Crippen LogP contribution in [0.2, 0.25) is 0 Å². The normalized spacial score (nSPS) is 20.5. The van der Waals surface area contributed by atoms with Crippen LogP contribution in [0.3, 0.4) is 0 Å². The third-order valence-electron chi connectivity index (χ3n) is 6.49. The molecule has 7 nitrogen and oxygen atoms in total. The van der Waals surface area contributed by atoms with E-state index in [1.807, 2.05) is 17.2 Å². The summed E-state index contributed by atoms with van der Waals surface area (Å²) in [6, 6.07) is 2.56. The molecule has 2 fully saturated rings. The van der Waals surface area contributed by atoms with Crippen LogP contribution in [0.5, 0.6) is 0 Å². The summed E-state index contributed by atoms with van der Waals surface area (Å²) in [5, 5.41) is 1.08. The highest BCUT2D eigenvalue weighted by atomic mass is 16.5. The number of carbonyl (C=O) groups is 1. The third-order valence-corrected chi connectivity index (χ3v) is 6.49. The average molecular weight is 357 g/mol. The van der Waals surface area contributed by atoms with Gasteiger partial charge in [0.05, 0.1) is 12.5 Å². The number of aromatic amines is 1. The van der Waals surface area contributed by atoms with Crippen molar-refractivity contribution < 1.29 is 9.53 Å². The topological polar surface area (TPSA) is 74.3 Å². The van der Waals surface area contributed by atoms with Crippen LogP contribution in [0.1, 0.15) is 38.5 Å². The Balaban J connectivity index is 1.39. The van der Waals surface area contributed by atoms with Crippen molar-refractivity contribution in [2.24, 2.45) is 5.41 Å². The fourth-order valence-corrected chi connectivity index (χ4v) is 4.71. The molecule has 1 saturated carbocycles. The highest BCUT2D eigenvalue weighted by Crippen LogP contribution is 2.46. The Labute approximate surface area is 153 Å². The molecule has 2 aliphatic rings. The standard InChI is InChI=1S/C19H27N5O2/c1-23(17-15-5-10-20-16(15)21-13-22-17)14-3-6-19(7-4-14)8-11-24(12-9-19)18(25)26-2/h5,10,13-14H,3-4,6-9,11-12H2,1-2H3,(H,20,21,22). The van der Waals surface area contributed by atoms with Crippen molar-refractivity contribution in [2.45, 2.75) is 44.6 Å². The molecule has 140 valence electrons. The minimum absolute atomic E-state index is 0.187. The number of amides is 1. The van der Waals surface area contributed by atoms with Crippen LogP contribution in [-0.2, 0) is 4.74 Å². The van der Waals surface area contributed by atoms with E-state index in [0.29, 0.717) is 11.5 Å². The Hall–Kier alpha value is -2.31. The minimum atomic E-state index is -0.187. The first kappa shape index (κ1) is 17.1. The van der Waals surface area contributed by atoms with Crippen molar-refractivity contribution in [3.63, 3.8) is 0 Å². The molecule has 2 aromatic rings. The lowest BCUT2D eigenvalue weighted by Crippen LogP contribution is -2.46. The third kappa shape index (κ3) is 2.99. The quantitative estimate of drug-likeness (QED) is 0.893. The largest absolute Gasteiger partial charge is 0.453 e. The van der Waals surface area contributed by atoms with Gasteiger partial charge in [-0.15, -0.1) is 0 Å². The lowest BCUT2D eigenvalue weighted by atomic mass is 9.67. The second-order valence-electron chi connectivity index (χ2n) is 7.74. The van der Waals surface area contributed by atoms with Crippen molar-refractivity contribution in [3.8, 4) is 0 Å². The van der Waals surface area contributed by atoms with Gasteiger partial charge in [0.25, 0.3) is 0 Å². The summed E-state index contributed by atoms with van der Waals surface area (Å²) in [6.07, 6.45) is 10.3. The molecule has 1 aliphatic carbocycles. The summed E-state index contributed by atoms with van der Waals surface area (Å²) in [4.78, 5) is 27.9. The molecule has 0 aromatic carbocycles. The van der Waals surface area contributed by atoms with Crippen molar-refractivity contribution in [2.75, 3.05) is 32.1 Å². The zero-order chi connectivity index (χ0) is 18.1. The Bertz CT molecular complexity index is 771. The van der Waals surface area contributed by atoms with Crippen LogP contribution in [-0.4, -0.2) is 59.2 Å². The summed E-state index contributed by atoms with van der Waals surface area (Å²) in [5.74, 6) is 1.01. The summed E-state index contributed by atoms with van der Waals surface area (Å²) in [7, 11) is 3.61. The second kappa shape index (κ2) is 6.78. The van der Waals surface area contributed by atoms with Gasteiger partial charge in [0.1, 0.15) is 17.8 Å². The molecule has 7 heteroatoms. The number of carbonyl (C=O) groups excluding carboxylic acids is 1. The Morgan fingerprint density at radius 1 is 1.27 bits per heavy atom. The van der Waals surface area contributed by atoms with Crippen LogP contribution in [0.4, 0.5) is 10.6 Å². The van der Waals surface area contributed by atoms with Crippen LogP contribution in [0, 0.1) is 5.41 Å². The number of fused-ring (bicyclic) bond motifs is 1. The maximum absolute atomic E-state index is 11.7. The zero-order valence-electron chi connectivity index (χ0n) is 15.6. The van der Waals surface area contributed by atoms with E-state index in [-0.39, 0.29) is 6.09 Å². The summed E-state index contributed by atoms with van der Waals surface area (Å²) in [6.45, 7) is 1.64. The van der Waals surface area contributed by atoms with Gasteiger partial charge in [0.2, 0.25) is 0 Å². The molecule has 2 aromatic heterocycles. The van der Waals surface area contributed by atoms with E-state index < -0.39 is 0 Å². The number of likely N-dealkylation sites (tertiary alicyclic amines) is 1. The van der Waals surface area contributed by atoms with Gasteiger partial charge >= 0.3 is 6.09 Å². The number of anilines is 1. The fraction of sp³-hybridized carbons (Fsp3) is 0.632. The molecule has 0 unspecified atom stereocenters. The first-order valence-electron chi connectivity index (χ1n) is 9.46. The van der Waals surface area contributed by atoms with Gasteiger partial charge in [-0.2, -0.15) is 0 Å². The molecule has 1 saturated heterocycles. The number of H-pyrrole nitrogens is 1. The molecule has 3 heterocycles. The average Bonchev–Trinajstić information content (AvgIpc) is 3.17. The van der Waals surface area contributed by atoms with E-state index in [1.165, 1.54) is 32.8 Å². The van der Waals surface area contributed by atoms with Crippen molar-refractivity contribution >= 4 is 22.9 Å². The smallest absolute Gasteiger partial charge is 0.409 e. The molecule has 26 heavy (non-hydrogen) atoms. The van der Waals surface area contributed by atoms with E-state index in [4.69, 9.17) is 4.74 Å². The first-order chi connectivity index (χ1) is 12.6. The number of aromatic nitrogens is 3. The van der Waals surface area contributed by atoms with Gasteiger partial charge in [0, 0.05) is 32.4 Å². The zero-order valence-corrected chi connectivity index (χ0v) is 15.6. The molecule has 0 radical (unpaired) electrons. The van der Waals surface area contributed by atoms with Crippen LogP contribution in [0.25, 0.3) is 11.0 Å². The number of rotatable bonds is 2. The van der Waals surface area contributed by atoms with Gasteiger partial charge in [-0.1, -0.05) is 0 Å². The molecule has 1 N–H and O–H groups in total. The molecule has 1 amide bonds. The second-order valence-corrected chi connectivity index (χ2v) is 7.74. The monoisotopic (exact) mass is 357 g/mol. The summed E-state index contributed by atoms with van der Waals surface area (Å²) >= 11 is 0. The summed E-state index contributed by atoms with van der Waals surface area (Å²) in [5.41, 5.74) is 1.29. The molecule has 0 atom stereocenters. The van der Waals surface area contributed by atoms with Crippen molar-refractivity contribution in [3.05, 3.63) is 18.6 Å². The van der Waals surface area contributed by atoms with Crippen molar-refractivity contribution in [1.82, 2.24) is 19.9 Å². The van der Waals surface area contributed by atoms with E-state index >= 15 is 0 Å². The first-order valence-corrected chi connectivity index (χ1v) is 9.46. The van der Waals surface area contributed by atoms with E-state index in [9.17, 15) is 4.79 Å². The van der Waals surface area contributed by atoms with Gasteiger partial charge < -0.3 is 19.5 Å². The lowest BCUT2D eigenvalue weighted by molar-refractivity contribution is 0.0532. The predicted molar refractivity (Wildman–Crippen MR) is 100 cm³/mol. The molecular formula is C19H27N5O2. The van der Waals surface area contributed by atoms with E-state index in [2.05, 4.69) is 26.9 Å². The van der Waals surface area contributed by atoms with Crippen molar-refractivity contribution in [1.29, 1.82) is 0 Å².